The third-order valence-corrected chi connectivity index (χ3v) is 5.71. The van der Waals surface area contributed by atoms with Gasteiger partial charge in [0.15, 0.2) is 11.5 Å². The Hall–Kier alpha value is -1.56. The number of allylic oxidation sites excluding steroid dienone is 1. The van der Waals surface area contributed by atoms with Gasteiger partial charge in [0.1, 0.15) is 6.61 Å². The highest BCUT2D eigenvalue weighted by Crippen LogP contribution is 2.42. The minimum atomic E-state index is 0.00833. The number of hydrogen-bond acceptors (Lipinski definition) is 5. The second-order valence-corrected chi connectivity index (χ2v) is 8.02. The number of benzene rings is 1. The number of hydrogen-bond donors (Lipinski definition) is 1. The molecule has 5 heteroatoms. The van der Waals surface area contributed by atoms with E-state index in [4.69, 9.17) is 14.2 Å². The largest absolute Gasteiger partial charge is 0.490 e. The highest BCUT2D eigenvalue weighted by atomic mass is 16.5. The molecule has 0 aromatic heterocycles. The molecule has 0 saturated carbocycles. The summed E-state index contributed by atoms with van der Waals surface area (Å²) in [6, 6.07) is 6.21. The quantitative estimate of drug-likeness (QED) is 0.707. The van der Waals surface area contributed by atoms with Crippen LogP contribution in [0.4, 0.5) is 0 Å². The van der Waals surface area contributed by atoms with Crippen molar-refractivity contribution in [3.8, 4) is 11.5 Å². The Morgan fingerprint density at radius 1 is 1.33 bits per heavy atom. The van der Waals surface area contributed by atoms with Gasteiger partial charge in [-0.05, 0) is 51.0 Å². The summed E-state index contributed by atoms with van der Waals surface area (Å²) in [5, 5.41) is 9.98. The topological polar surface area (TPSA) is 51.2 Å². The predicted molar refractivity (Wildman–Crippen MR) is 106 cm³/mol. The van der Waals surface area contributed by atoms with Crippen molar-refractivity contribution in [3.63, 3.8) is 0 Å². The molecule has 2 aliphatic heterocycles. The van der Waals surface area contributed by atoms with Gasteiger partial charge in [-0.1, -0.05) is 11.6 Å². The van der Waals surface area contributed by atoms with Crippen molar-refractivity contribution in [2.24, 2.45) is 11.3 Å². The Morgan fingerprint density at radius 2 is 2.19 bits per heavy atom. The van der Waals surface area contributed by atoms with Crippen LogP contribution in [-0.2, 0) is 11.3 Å². The minimum Gasteiger partial charge on any atom is -0.490 e. The summed E-state index contributed by atoms with van der Waals surface area (Å²) in [4.78, 5) is 2.43. The number of likely N-dealkylation sites (tertiary alicyclic amines) is 1. The Labute approximate surface area is 162 Å². The van der Waals surface area contributed by atoms with Crippen molar-refractivity contribution < 1.29 is 19.3 Å². The van der Waals surface area contributed by atoms with Gasteiger partial charge < -0.3 is 19.3 Å². The Bertz CT molecular complexity index is 656. The van der Waals surface area contributed by atoms with Crippen LogP contribution in [0.5, 0.6) is 11.5 Å². The average molecular weight is 376 g/mol. The third-order valence-electron chi connectivity index (χ3n) is 5.71. The average Bonchev–Trinajstić information content (AvgIpc) is 3.02. The van der Waals surface area contributed by atoms with E-state index in [0.29, 0.717) is 19.1 Å². The molecule has 2 fully saturated rings. The molecule has 2 atom stereocenters. The summed E-state index contributed by atoms with van der Waals surface area (Å²) in [6.45, 7) is 11.8. The molecule has 1 N–H and O–H groups in total. The number of fused-ring (bicyclic) bond motifs is 1. The van der Waals surface area contributed by atoms with E-state index in [1.807, 2.05) is 13.0 Å². The second kappa shape index (κ2) is 9.09. The SMILES string of the molecule is CCOc1cc(CN2C[C@@H]3COCC[C@]3(CO)C2)ccc1OCC=C(C)C. The highest BCUT2D eigenvalue weighted by molar-refractivity contribution is 5.43. The minimum absolute atomic E-state index is 0.00833. The lowest BCUT2D eigenvalue weighted by atomic mass is 9.75. The van der Waals surface area contributed by atoms with E-state index in [1.165, 1.54) is 11.1 Å². The number of nitrogens with zero attached hydrogens (tertiary/aromatic N) is 1. The maximum absolute atomic E-state index is 9.98. The number of aliphatic hydroxyl groups is 1. The van der Waals surface area contributed by atoms with Gasteiger partial charge in [0.25, 0.3) is 0 Å². The zero-order chi connectivity index (χ0) is 19.3. The van der Waals surface area contributed by atoms with Gasteiger partial charge in [-0.15, -0.1) is 0 Å². The first-order valence-electron chi connectivity index (χ1n) is 9.99. The molecule has 27 heavy (non-hydrogen) atoms. The van der Waals surface area contributed by atoms with Gasteiger partial charge in [-0.2, -0.15) is 0 Å². The molecular formula is C22H33NO4. The molecule has 2 saturated heterocycles. The number of ether oxygens (including phenoxy) is 3. The molecule has 150 valence electrons. The molecule has 0 aliphatic carbocycles. The molecule has 5 nitrogen and oxygen atoms in total. The van der Waals surface area contributed by atoms with E-state index < -0.39 is 0 Å². The molecule has 0 spiro atoms. The van der Waals surface area contributed by atoms with Crippen molar-refractivity contribution in [2.45, 2.75) is 33.7 Å². The summed E-state index contributed by atoms with van der Waals surface area (Å²) in [6.07, 6.45) is 3.01. The monoisotopic (exact) mass is 375 g/mol. The van der Waals surface area contributed by atoms with E-state index >= 15 is 0 Å². The first kappa shape index (κ1) is 20.2. The maximum Gasteiger partial charge on any atom is 0.161 e. The van der Waals surface area contributed by atoms with Crippen molar-refractivity contribution in [1.82, 2.24) is 4.90 Å². The Morgan fingerprint density at radius 3 is 2.89 bits per heavy atom. The van der Waals surface area contributed by atoms with Gasteiger partial charge in [-0.3, -0.25) is 4.90 Å². The van der Waals surface area contributed by atoms with E-state index in [2.05, 4.69) is 37.0 Å². The van der Waals surface area contributed by atoms with Crippen LogP contribution in [0.3, 0.4) is 0 Å². The summed E-state index contributed by atoms with van der Waals surface area (Å²) in [5.41, 5.74) is 2.46. The van der Waals surface area contributed by atoms with Gasteiger partial charge in [0.2, 0.25) is 0 Å². The van der Waals surface area contributed by atoms with Crippen LogP contribution < -0.4 is 9.47 Å². The lowest BCUT2D eigenvalue weighted by Crippen LogP contribution is -2.41. The highest BCUT2D eigenvalue weighted by Gasteiger charge is 2.47. The van der Waals surface area contributed by atoms with Crippen LogP contribution in [0, 0.1) is 11.3 Å². The zero-order valence-corrected chi connectivity index (χ0v) is 16.9. The van der Waals surface area contributed by atoms with Crippen LogP contribution in [0.15, 0.2) is 29.8 Å². The first-order chi connectivity index (χ1) is 13.1. The summed E-state index contributed by atoms with van der Waals surface area (Å²) < 4.78 is 17.3. The van der Waals surface area contributed by atoms with E-state index in [0.717, 1.165) is 50.8 Å². The third kappa shape index (κ3) is 4.84. The van der Waals surface area contributed by atoms with Gasteiger partial charge in [-0.25, -0.2) is 0 Å². The van der Waals surface area contributed by atoms with E-state index in [9.17, 15) is 5.11 Å². The van der Waals surface area contributed by atoms with Crippen LogP contribution in [-0.4, -0.2) is 56.1 Å². The molecule has 2 heterocycles. The lowest BCUT2D eigenvalue weighted by Gasteiger charge is -2.36. The van der Waals surface area contributed by atoms with E-state index in [-0.39, 0.29) is 12.0 Å². The Balaban J connectivity index is 1.68. The fourth-order valence-electron chi connectivity index (χ4n) is 4.13. The fraction of sp³-hybridized carbons (Fsp3) is 0.636. The molecule has 2 aliphatic rings. The molecule has 0 radical (unpaired) electrons. The summed E-state index contributed by atoms with van der Waals surface area (Å²) in [5.74, 6) is 2.01. The maximum atomic E-state index is 9.98. The molecule has 1 aromatic carbocycles. The smallest absolute Gasteiger partial charge is 0.161 e. The van der Waals surface area contributed by atoms with E-state index in [1.54, 1.807) is 0 Å². The van der Waals surface area contributed by atoms with Crippen molar-refractivity contribution in [1.29, 1.82) is 0 Å². The van der Waals surface area contributed by atoms with Crippen LogP contribution in [0.1, 0.15) is 32.8 Å². The molecule has 1 aromatic rings. The molecule has 0 amide bonds. The predicted octanol–water partition coefficient (Wildman–Crippen LogP) is 3.26. The second-order valence-electron chi connectivity index (χ2n) is 8.02. The normalized spacial score (nSPS) is 25.1. The van der Waals surface area contributed by atoms with Gasteiger partial charge >= 0.3 is 0 Å². The molecular weight excluding hydrogens is 342 g/mol. The van der Waals surface area contributed by atoms with Crippen molar-refractivity contribution in [3.05, 3.63) is 35.4 Å². The lowest BCUT2D eigenvalue weighted by molar-refractivity contribution is -0.0417. The van der Waals surface area contributed by atoms with Gasteiger partial charge in [0, 0.05) is 37.6 Å². The number of aliphatic hydroxyl groups excluding tert-OH is 1. The zero-order valence-electron chi connectivity index (χ0n) is 16.9. The summed E-state index contributed by atoms with van der Waals surface area (Å²) in [7, 11) is 0. The molecule has 0 bridgehead atoms. The fourth-order valence-corrected chi connectivity index (χ4v) is 4.13. The van der Waals surface area contributed by atoms with Crippen molar-refractivity contribution in [2.75, 3.05) is 46.1 Å². The molecule has 0 unspecified atom stereocenters. The first-order valence-corrected chi connectivity index (χ1v) is 9.99. The van der Waals surface area contributed by atoms with Crippen LogP contribution >= 0.6 is 0 Å². The van der Waals surface area contributed by atoms with Gasteiger partial charge in [0.05, 0.1) is 19.8 Å². The van der Waals surface area contributed by atoms with Crippen LogP contribution in [0.25, 0.3) is 0 Å². The van der Waals surface area contributed by atoms with Crippen LogP contribution in [0.2, 0.25) is 0 Å². The molecule has 3 rings (SSSR count). The standard InChI is InChI=1S/C22H33NO4/c1-4-26-21-11-18(5-6-20(21)27-9-7-17(2)3)12-23-13-19-14-25-10-8-22(19,15-23)16-24/h5-7,11,19,24H,4,8-10,12-16H2,1-3H3/t19-,22-/m1/s1. The van der Waals surface area contributed by atoms with Crippen molar-refractivity contribution >= 4 is 0 Å². The Kier molecular flexibility index (Phi) is 6.79. The number of rotatable bonds is 8. The summed E-state index contributed by atoms with van der Waals surface area (Å²) >= 11 is 0.